The van der Waals surface area contributed by atoms with Gasteiger partial charge in [-0.3, -0.25) is 9.69 Å². The van der Waals surface area contributed by atoms with E-state index in [4.69, 9.17) is 0 Å². The molecule has 0 radical (unpaired) electrons. The maximum absolute atomic E-state index is 13.2. The second-order valence-corrected chi connectivity index (χ2v) is 10.6. The summed E-state index contributed by atoms with van der Waals surface area (Å²) < 4.78 is 1.93. The van der Waals surface area contributed by atoms with Gasteiger partial charge in [0.15, 0.2) is 0 Å². The lowest BCUT2D eigenvalue weighted by molar-refractivity contribution is -0.0485. The van der Waals surface area contributed by atoms with Crippen LogP contribution in [0.3, 0.4) is 0 Å². The van der Waals surface area contributed by atoms with Crippen LogP contribution in [0.15, 0.2) is 29.1 Å². The number of hydrogen-bond donors (Lipinski definition) is 0. The van der Waals surface area contributed by atoms with Gasteiger partial charge in [-0.15, -0.1) is 0 Å². The van der Waals surface area contributed by atoms with Crippen LogP contribution in [0.5, 0.6) is 0 Å². The first-order chi connectivity index (χ1) is 15.2. The lowest BCUT2D eigenvalue weighted by Crippen LogP contribution is -2.58. The molecule has 0 amide bonds. The van der Waals surface area contributed by atoms with Gasteiger partial charge >= 0.3 is 0 Å². The fourth-order valence-electron chi connectivity index (χ4n) is 7.73. The molecule has 4 bridgehead atoms. The highest BCUT2D eigenvalue weighted by atomic mass is 16.1. The van der Waals surface area contributed by atoms with E-state index in [0.29, 0.717) is 12.1 Å². The normalized spacial score (nSPS) is 35.6. The first-order valence-electron chi connectivity index (χ1n) is 12.4. The fourth-order valence-corrected chi connectivity index (χ4v) is 7.73. The topological polar surface area (TPSA) is 61.9 Å². The number of rotatable bonds is 2. The molecule has 162 valence electrons. The molecular weight excluding hydrogens is 384 g/mol. The summed E-state index contributed by atoms with van der Waals surface area (Å²) in [6, 6.07) is 11.9. The van der Waals surface area contributed by atoms with Crippen LogP contribution >= 0.6 is 0 Å². The molecule has 31 heavy (non-hydrogen) atoms. The molecule has 2 saturated heterocycles. The van der Waals surface area contributed by atoms with Crippen LogP contribution in [-0.4, -0.2) is 32.6 Å². The molecule has 4 aliphatic rings. The SMILES string of the molecule is N#Cc1nc2ccccc2n([C@H]2C[C@H]3CCC[C@@H](C2)N3C2CC3CCCC(C3)C2)c1=O. The first kappa shape index (κ1) is 19.5. The number of para-hydroxylation sites is 2. The fraction of sp³-hybridized carbons (Fsp3) is 0.654. The molecule has 6 rings (SSSR count). The summed E-state index contributed by atoms with van der Waals surface area (Å²) in [5.74, 6) is 1.89. The Morgan fingerprint density at radius 3 is 2.23 bits per heavy atom. The van der Waals surface area contributed by atoms with Crippen LogP contribution in [0.4, 0.5) is 0 Å². The van der Waals surface area contributed by atoms with E-state index >= 15 is 0 Å². The average Bonchev–Trinajstić information content (AvgIpc) is 2.77. The Morgan fingerprint density at radius 1 is 0.839 bits per heavy atom. The molecule has 5 nitrogen and oxygen atoms in total. The van der Waals surface area contributed by atoms with Gasteiger partial charge in [-0.2, -0.15) is 5.26 Å². The van der Waals surface area contributed by atoms with Gasteiger partial charge in [-0.05, 0) is 68.9 Å². The van der Waals surface area contributed by atoms with Crippen LogP contribution < -0.4 is 5.56 Å². The molecule has 4 fully saturated rings. The Morgan fingerprint density at radius 2 is 1.52 bits per heavy atom. The zero-order chi connectivity index (χ0) is 20.9. The van der Waals surface area contributed by atoms with Crippen molar-refractivity contribution in [3.63, 3.8) is 0 Å². The summed E-state index contributed by atoms with van der Waals surface area (Å²) in [5.41, 5.74) is 1.47. The van der Waals surface area contributed by atoms with Crippen LogP contribution in [0.25, 0.3) is 11.0 Å². The second kappa shape index (κ2) is 7.74. The molecule has 2 aliphatic heterocycles. The lowest BCUT2D eigenvalue weighted by atomic mass is 9.68. The number of aromatic nitrogens is 2. The Bertz CT molecular complexity index is 1060. The van der Waals surface area contributed by atoms with Crippen molar-refractivity contribution in [2.75, 3.05) is 0 Å². The largest absolute Gasteiger partial charge is 0.301 e. The zero-order valence-corrected chi connectivity index (χ0v) is 18.2. The minimum absolute atomic E-state index is 0.0337. The van der Waals surface area contributed by atoms with E-state index in [1.165, 1.54) is 57.8 Å². The van der Waals surface area contributed by atoms with Crippen molar-refractivity contribution < 1.29 is 0 Å². The van der Waals surface area contributed by atoms with E-state index in [0.717, 1.165) is 41.8 Å². The smallest absolute Gasteiger partial charge is 0.288 e. The van der Waals surface area contributed by atoms with E-state index < -0.39 is 0 Å². The van der Waals surface area contributed by atoms with Gasteiger partial charge in [0, 0.05) is 24.2 Å². The summed E-state index contributed by atoms with van der Waals surface area (Å²) in [4.78, 5) is 20.5. The predicted molar refractivity (Wildman–Crippen MR) is 121 cm³/mol. The first-order valence-corrected chi connectivity index (χ1v) is 12.4. The predicted octanol–water partition coefficient (Wildman–Crippen LogP) is 4.79. The molecule has 2 unspecified atom stereocenters. The van der Waals surface area contributed by atoms with E-state index in [2.05, 4.69) is 9.88 Å². The van der Waals surface area contributed by atoms with Gasteiger partial charge in [0.05, 0.1) is 11.0 Å². The van der Waals surface area contributed by atoms with Crippen molar-refractivity contribution in [2.24, 2.45) is 11.8 Å². The second-order valence-electron chi connectivity index (χ2n) is 10.6. The summed E-state index contributed by atoms with van der Waals surface area (Å²) in [6.45, 7) is 0. The number of nitrogens with zero attached hydrogens (tertiary/aromatic N) is 4. The number of benzene rings is 1. The molecule has 5 heteroatoms. The Kier molecular flexibility index (Phi) is 4.87. The molecule has 1 aromatic heterocycles. The van der Waals surface area contributed by atoms with Gasteiger partial charge in [-0.25, -0.2) is 4.98 Å². The maximum atomic E-state index is 13.2. The number of hydrogen-bond acceptors (Lipinski definition) is 4. The van der Waals surface area contributed by atoms with Gasteiger partial charge < -0.3 is 4.57 Å². The third-order valence-electron chi connectivity index (χ3n) is 8.80. The molecule has 0 spiro atoms. The molecule has 1 aromatic carbocycles. The summed E-state index contributed by atoms with van der Waals surface area (Å²) in [7, 11) is 0. The van der Waals surface area contributed by atoms with Crippen molar-refractivity contribution in [3.05, 3.63) is 40.3 Å². The number of nitriles is 1. The van der Waals surface area contributed by atoms with Crippen molar-refractivity contribution in [1.29, 1.82) is 5.26 Å². The maximum Gasteiger partial charge on any atom is 0.288 e. The van der Waals surface area contributed by atoms with Crippen LogP contribution in [-0.2, 0) is 0 Å². The number of fused-ring (bicyclic) bond motifs is 5. The Hall–Kier alpha value is -2.19. The number of piperidine rings is 2. The average molecular weight is 417 g/mol. The van der Waals surface area contributed by atoms with Gasteiger partial charge in [0.25, 0.3) is 5.56 Å². The molecule has 2 aliphatic carbocycles. The Labute approximate surface area is 184 Å². The molecule has 0 N–H and O–H groups in total. The van der Waals surface area contributed by atoms with Crippen molar-refractivity contribution in [2.45, 2.75) is 94.8 Å². The Balaban J connectivity index is 1.34. The van der Waals surface area contributed by atoms with E-state index in [-0.39, 0.29) is 17.3 Å². The highest BCUT2D eigenvalue weighted by molar-refractivity contribution is 5.75. The summed E-state index contributed by atoms with van der Waals surface area (Å²) in [6.07, 6.45) is 14.4. The lowest BCUT2D eigenvalue weighted by Gasteiger charge is -2.55. The zero-order valence-electron chi connectivity index (χ0n) is 18.2. The highest BCUT2D eigenvalue weighted by Gasteiger charge is 2.45. The van der Waals surface area contributed by atoms with Crippen LogP contribution in [0, 0.1) is 23.2 Å². The minimum atomic E-state index is -0.204. The summed E-state index contributed by atoms with van der Waals surface area (Å²) in [5, 5.41) is 9.52. The minimum Gasteiger partial charge on any atom is -0.301 e. The van der Waals surface area contributed by atoms with E-state index in [1.807, 2.05) is 34.9 Å². The summed E-state index contributed by atoms with van der Waals surface area (Å²) >= 11 is 0. The van der Waals surface area contributed by atoms with Crippen molar-refractivity contribution in [1.82, 2.24) is 14.5 Å². The van der Waals surface area contributed by atoms with Crippen LogP contribution in [0.1, 0.15) is 82.4 Å². The quantitative estimate of drug-likeness (QED) is 0.706. The molecular formula is C26H32N4O. The van der Waals surface area contributed by atoms with Gasteiger partial charge in [0.2, 0.25) is 5.69 Å². The third-order valence-corrected chi connectivity index (χ3v) is 8.80. The van der Waals surface area contributed by atoms with Gasteiger partial charge in [-0.1, -0.05) is 37.8 Å². The molecule has 3 heterocycles. The monoisotopic (exact) mass is 416 g/mol. The van der Waals surface area contributed by atoms with Crippen LogP contribution in [0.2, 0.25) is 0 Å². The molecule has 5 atom stereocenters. The van der Waals surface area contributed by atoms with E-state index in [9.17, 15) is 10.1 Å². The van der Waals surface area contributed by atoms with E-state index in [1.54, 1.807) is 0 Å². The molecule has 2 aromatic rings. The van der Waals surface area contributed by atoms with Gasteiger partial charge in [0.1, 0.15) is 6.07 Å². The van der Waals surface area contributed by atoms with Crippen molar-refractivity contribution in [3.8, 4) is 6.07 Å². The van der Waals surface area contributed by atoms with Crippen molar-refractivity contribution >= 4 is 11.0 Å². The standard InChI is InChI=1S/C26H32N4O/c27-16-24-26(31)30(25-10-2-1-9-23(25)28-24)22-14-19-7-4-8-20(15-22)29(19)21-12-17-5-3-6-18(11-17)13-21/h1-2,9-10,17-22H,3-8,11-15H2/t17?,18?,19-,20+,21?,22+. The molecule has 2 saturated carbocycles. The third kappa shape index (κ3) is 3.31. The highest BCUT2D eigenvalue weighted by Crippen LogP contribution is 2.47.